The molecule has 2 aliphatic heterocycles. The molecule has 3 heterocycles. The monoisotopic (exact) mass is 515 g/mol. The van der Waals surface area contributed by atoms with Crippen LogP contribution in [0.4, 0.5) is 0 Å². The van der Waals surface area contributed by atoms with Crippen molar-refractivity contribution in [3.05, 3.63) is 11.6 Å². The Hall–Kier alpha value is -0.900. The fraction of sp³-hybridized carbons (Fsp3) is 0.857. The zero-order valence-electron chi connectivity index (χ0n) is 17.9. The topological polar surface area (TPSA) is 70.4 Å². The van der Waals surface area contributed by atoms with Crippen molar-refractivity contribution in [2.24, 2.45) is 4.99 Å². The van der Waals surface area contributed by atoms with E-state index >= 15 is 0 Å². The number of nitrogens with one attached hydrogen (secondary N) is 2. The van der Waals surface area contributed by atoms with Crippen LogP contribution in [0.1, 0.15) is 69.4 Å². The molecule has 1 atom stereocenters. The normalized spacial score (nSPS) is 23.5. The molecule has 0 radical (unpaired) electrons. The van der Waals surface area contributed by atoms with Gasteiger partial charge in [0, 0.05) is 58.2 Å². The molecular weight excluding hydrogens is 477 g/mol. The molecule has 1 aromatic rings. The van der Waals surface area contributed by atoms with E-state index in [1.165, 1.54) is 63.7 Å². The first kappa shape index (κ1) is 22.8. The van der Waals surface area contributed by atoms with Crippen LogP contribution in [0.15, 0.2) is 4.99 Å². The Kier molecular flexibility index (Phi) is 9.02. The molecule has 8 heteroatoms. The van der Waals surface area contributed by atoms with E-state index in [9.17, 15) is 0 Å². The van der Waals surface area contributed by atoms with Crippen LogP contribution in [0.25, 0.3) is 0 Å². The van der Waals surface area contributed by atoms with Crippen molar-refractivity contribution in [3.63, 3.8) is 0 Å². The highest BCUT2D eigenvalue weighted by Crippen LogP contribution is 2.26. The van der Waals surface area contributed by atoms with Crippen LogP contribution in [0.3, 0.4) is 0 Å². The minimum Gasteiger partial charge on any atom is -0.356 e. The fourth-order valence-corrected chi connectivity index (χ4v) is 5.08. The number of hydrogen-bond donors (Lipinski definition) is 2. The summed E-state index contributed by atoms with van der Waals surface area (Å²) in [6.07, 6.45) is 13.8. The minimum absolute atomic E-state index is 0. The standard InChI is InChI=1S/C21H37N7.HI/c1-22-21(24-17-12-15-27(16-17)18-8-4-5-9-18)23-13-7-11-20-26-25-19-10-3-2-6-14-28(19)20;/h17-18H,2-16H2,1H3,(H2,22,23,24);1H. The minimum atomic E-state index is 0. The largest absolute Gasteiger partial charge is 0.356 e. The molecule has 2 fully saturated rings. The molecule has 164 valence electrons. The van der Waals surface area contributed by atoms with E-state index < -0.39 is 0 Å². The number of rotatable bonds is 6. The highest BCUT2D eigenvalue weighted by molar-refractivity contribution is 14.0. The van der Waals surface area contributed by atoms with Crippen molar-refractivity contribution in [1.29, 1.82) is 0 Å². The molecule has 0 amide bonds. The van der Waals surface area contributed by atoms with E-state index in [0.717, 1.165) is 56.7 Å². The first-order valence-corrected chi connectivity index (χ1v) is 11.5. The summed E-state index contributed by atoms with van der Waals surface area (Å²) in [5.74, 6) is 3.29. The highest BCUT2D eigenvalue weighted by Gasteiger charge is 2.30. The molecular formula is C21H38IN7. The second-order valence-electron chi connectivity index (χ2n) is 8.66. The lowest BCUT2D eigenvalue weighted by molar-refractivity contribution is 0.242. The Morgan fingerprint density at radius 3 is 2.76 bits per heavy atom. The van der Waals surface area contributed by atoms with Crippen LogP contribution in [-0.2, 0) is 19.4 Å². The number of aryl methyl sites for hydroxylation is 2. The van der Waals surface area contributed by atoms with Gasteiger partial charge in [-0.2, -0.15) is 0 Å². The van der Waals surface area contributed by atoms with Gasteiger partial charge >= 0.3 is 0 Å². The third-order valence-electron chi connectivity index (χ3n) is 6.68. The average Bonchev–Trinajstić information content (AvgIpc) is 3.43. The zero-order valence-corrected chi connectivity index (χ0v) is 20.2. The van der Waals surface area contributed by atoms with Gasteiger partial charge in [-0.1, -0.05) is 19.3 Å². The third kappa shape index (κ3) is 6.06. The van der Waals surface area contributed by atoms with Crippen LogP contribution in [0.2, 0.25) is 0 Å². The van der Waals surface area contributed by atoms with Crippen molar-refractivity contribution < 1.29 is 0 Å². The van der Waals surface area contributed by atoms with Crippen molar-refractivity contribution in [2.45, 2.75) is 89.3 Å². The highest BCUT2D eigenvalue weighted by atomic mass is 127. The van der Waals surface area contributed by atoms with Gasteiger partial charge in [0.1, 0.15) is 11.6 Å². The smallest absolute Gasteiger partial charge is 0.191 e. The van der Waals surface area contributed by atoms with Gasteiger partial charge in [0.15, 0.2) is 5.96 Å². The van der Waals surface area contributed by atoms with Gasteiger partial charge in [0.2, 0.25) is 0 Å². The molecule has 3 aliphatic rings. The van der Waals surface area contributed by atoms with Gasteiger partial charge in [-0.25, -0.2) is 0 Å². The van der Waals surface area contributed by atoms with E-state index in [4.69, 9.17) is 0 Å². The number of hydrogen-bond acceptors (Lipinski definition) is 4. The second kappa shape index (κ2) is 11.5. The molecule has 1 unspecified atom stereocenters. The van der Waals surface area contributed by atoms with E-state index in [0.29, 0.717) is 6.04 Å². The molecule has 1 aliphatic carbocycles. The summed E-state index contributed by atoms with van der Waals surface area (Å²) in [5.41, 5.74) is 0. The van der Waals surface area contributed by atoms with E-state index in [1.807, 2.05) is 7.05 Å². The van der Waals surface area contributed by atoms with Crippen molar-refractivity contribution in [2.75, 3.05) is 26.7 Å². The van der Waals surface area contributed by atoms with Crippen LogP contribution >= 0.6 is 24.0 Å². The molecule has 0 spiro atoms. The maximum Gasteiger partial charge on any atom is 0.191 e. The van der Waals surface area contributed by atoms with Crippen LogP contribution < -0.4 is 10.6 Å². The predicted molar refractivity (Wildman–Crippen MR) is 128 cm³/mol. The van der Waals surface area contributed by atoms with Gasteiger partial charge < -0.3 is 15.2 Å². The Labute approximate surface area is 192 Å². The molecule has 1 saturated carbocycles. The molecule has 0 bridgehead atoms. The number of aliphatic imine (C=N–C) groups is 1. The van der Waals surface area contributed by atoms with Gasteiger partial charge in [0.25, 0.3) is 0 Å². The first-order chi connectivity index (χ1) is 13.8. The summed E-state index contributed by atoms with van der Waals surface area (Å²) in [4.78, 5) is 7.12. The van der Waals surface area contributed by atoms with Crippen LogP contribution in [0.5, 0.6) is 0 Å². The summed E-state index contributed by atoms with van der Waals surface area (Å²) >= 11 is 0. The van der Waals surface area contributed by atoms with Crippen LogP contribution in [0, 0.1) is 0 Å². The Balaban J connectivity index is 0.00000240. The van der Waals surface area contributed by atoms with E-state index in [2.05, 4.69) is 35.3 Å². The fourth-order valence-electron chi connectivity index (χ4n) is 5.08. The lowest BCUT2D eigenvalue weighted by atomic mass is 10.2. The summed E-state index contributed by atoms with van der Waals surface area (Å²) in [6.45, 7) is 4.41. The second-order valence-corrected chi connectivity index (χ2v) is 8.66. The number of aromatic nitrogens is 3. The summed E-state index contributed by atoms with van der Waals surface area (Å²) in [7, 11) is 1.87. The summed E-state index contributed by atoms with van der Waals surface area (Å²) < 4.78 is 2.36. The Morgan fingerprint density at radius 2 is 1.93 bits per heavy atom. The lowest BCUT2D eigenvalue weighted by Crippen LogP contribution is -2.45. The summed E-state index contributed by atoms with van der Waals surface area (Å²) in [5, 5.41) is 16.0. The molecule has 2 N–H and O–H groups in total. The lowest BCUT2D eigenvalue weighted by Gasteiger charge is -2.24. The number of likely N-dealkylation sites (tertiary alicyclic amines) is 1. The SMILES string of the molecule is CN=C(NCCCc1nnc2n1CCCCC2)NC1CCN(C2CCCC2)C1.I. The maximum absolute atomic E-state index is 4.44. The molecule has 4 rings (SSSR count). The van der Waals surface area contributed by atoms with E-state index in [1.54, 1.807) is 0 Å². The molecule has 0 aromatic carbocycles. The average molecular weight is 515 g/mol. The van der Waals surface area contributed by atoms with Crippen LogP contribution in [-0.4, -0.2) is 64.4 Å². The van der Waals surface area contributed by atoms with Crippen molar-refractivity contribution in [3.8, 4) is 0 Å². The molecule has 1 aromatic heterocycles. The van der Waals surface area contributed by atoms with Crippen molar-refractivity contribution in [1.82, 2.24) is 30.3 Å². The quantitative estimate of drug-likeness (QED) is 0.264. The number of fused-ring (bicyclic) bond motifs is 1. The molecule has 1 saturated heterocycles. The zero-order chi connectivity index (χ0) is 19.2. The number of halogens is 1. The Bertz CT molecular complexity index is 653. The predicted octanol–water partition coefficient (Wildman–Crippen LogP) is 2.74. The number of guanidine groups is 1. The van der Waals surface area contributed by atoms with Gasteiger partial charge in [-0.05, 0) is 38.5 Å². The number of nitrogens with zero attached hydrogens (tertiary/aromatic N) is 5. The third-order valence-corrected chi connectivity index (χ3v) is 6.68. The van der Waals surface area contributed by atoms with Crippen molar-refractivity contribution >= 4 is 29.9 Å². The summed E-state index contributed by atoms with van der Waals surface area (Å²) in [6, 6.07) is 1.36. The first-order valence-electron chi connectivity index (χ1n) is 11.5. The van der Waals surface area contributed by atoms with Gasteiger partial charge in [-0.15, -0.1) is 34.2 Å². The van der Waals surface area contributed by atoms with Gasteiger partial charge in [-0.3, -0.25) is 9.89 Å². The maximum atomic E-state index is 4.44. The molecule has 7 nitrogen and oxygen atoms in total. The Morgan fingerprint density at radius 1 is 1.07 bits per heavy atom. The van der Waals surface area contributed by atoms with E-state index in [-0.39, 0.29) is 24.0 Å². The van der Waals surface area contributed by atoms with Gasteiger partial charge in [0.05, 0.1) is 0 Å². The molecule has 29 heavy (non-hydrogen) atoms.